The highest BCUT2D eigenvalue weighted by Gasteiger charge is 2.20. The number of nitrogens with two attached hydrogens (primary N) is 1. The minimum atomic E-state index is -3.04. The maximum Gasteiger partial charge on any atom is 0.149 e. The van der Waals surface area contributed by atoms with Gasteiger partial charge >= 0.3 is 0 Å². The fourth-order valence-corrected chi connectivity index (χ4v) is 2.25. The van der Waals surface area contributed by atoms with E-state index in [0.717, 1.165) is 5.69 Å². The van der Waals surface area contributed by atoms with Crippen molar-refractivity contribution in [1.82, 2.24) is 9.78 Å². The van der Waals surface area contributed by atoms with Crippen LogP contribution in [0.15, 0.2) is 0 Å². The molecule has 1 heterocycles. The quantitative estimate of drug-likeness (QED) is 0.917. The zero-order valence-corrected chi connectivity index (χ0v) is 12.8. The third-order valence-electron chi connectivity index (χ3n) is 2.37. The Kier molecular flexibility index (Phi) is 4.33. The lowest BCUT2D eigenvalue weighted by molar-refractivity contribution is 0.403. The van der Waals surface area contributed by atoms with Gasteiger partial charge in [0.05, 0.1) is 18.0 Å². The molecule has 0 aliphatic carbocycles. The molecule has 0 amide bonds. The molecule has 0 saturated carbocycles. The number of anilines is 1. The second kappa shape index (κ2) is 5.09. The first-order valence-electron chi connectivity index (χ1n) is 5.68. The summed E-state index contributed by atoms with van der Waals surface area (Å²) in [5.74, 6) is 0.337. The van der Waals surface area contributed by atoms with E-state index in [0.29, 0.717) is 17.3 Å². The van der Waals surface area contributed by atoms with Gasteiger partial charge in [0.2, 0.25) is 0 Å². The Bertz CT molecular complexity index is 529. The summed E-state index contributed by atoms with van der Waals surface area (Å²) in [7, 11) is -3.04. The Balaban J connectivity index is 2.92. The molecule has 5 nitrogen and oxygen atoms in total. The Hall–Kier alpha value is -0.750. The molecule has 0 radical (unpaired) electrons. The number of nitrogens with zero attached hydrogens (tertiary/aromatic N) is 2. The molecule has 0 atom stereocenters. The average molecular weight is 294 g/mol. The van der Waals surface area contributed by atoms with Gasteiger partial charge in [-0.25, -0.2) is 13.1 Å². The van der Waals surface area contributed by atoms with Gasteiger partial charge in [0.15, 0.2) is 0 Å². The van der Waals surface area contributed by atoms with Crippen molar-refractivity contribution in [2.45, 2.75) is 33.7 Å². The third kappa shape index (κ3) is 4.49. The van der Waals surface area contributed by atoms with Crippen molar-refractivity contribution in [1.29, 1.82) is 0 Å². The fourth-order valence-electron chi connectivity index (χ4n) is 1.54. The first-order valence-corrected chi connectivity index (χ1v) is 8.12. The van der Waals surface area contributed by atoms with Crippen LogP contribution in [-0.4, -0.2) is 30.2 Å². The van der Waals surface area contributed by atoms with Crippen LogP contribution in [0.2, 0.25) is 5.02 Å². The number of rotatable bonds is 4. The summed E-state index contributed by atoms with van der Waals surface area (Å²) in [6, 6.07) is 0. The van der Waals surface area contributed by atoms with Crippen LogP contribution in [0.25, 0.3) is 0 Å². The molecular weight excluding hydrogens is 274 g/mol. The van der Waals surface area contributed by atoms with E-state index in [1.165, 1.54) is 10.9 Å². The maximum absolute atomic E-state index is 11.1. The van der Waals surface area contributed by atoms with Crippen LogP contribution in [0.1, 0.15) is 26.5 Å². The Morgan fingerprint density at radius 2 is 1.94 bits per heavy atom. The Labute approximate surface area is 113 Å². The van der Waals surface area contributed by atoms with Crippen molar-refractivity contribution < 1.29 is 8.42 Å². The third-order valence-corrected chi connectivity index (χ3v) is 3.71. The summed E-state index contributed by atoms with van der Waals surface area (Å²) >= 11 is 6.11. The summed E-state index contributed by atoms with van der Waals surface area (Å²) in [4.78, 5) is 0. The number of halogens is 1. The molecule has 104 valence electrons. The van der Waals surface area contributed by atoms with Crippen molar-refractivity contribution in [3.63, 3.8) is 0 Å². The predicted octanol–water partition coefficient (Wildman–Crippen LogP) is 1.75. The lowest BCUT2D eigenvalue weighted by Gasteiger charge is -2.16. The average Bonchev–Trinajstić information content (AvgIpc) is 2.40. The molecule has 18 heavy (non-hydrogen) atoms. The summed E-state index contributed by atoms with van der Waals surface area (Å²) < 4.78 is 23.7. The summed E-state index contributed by atoms with van der Waals surface area (Å²) in [5, 5.41) is 4.72. The molecule has 0 aliphatic heterocycles. The van der Waals surface area contributed by atoms with E-state index in [1.54, 1.807) is 0 Å². The largest absolute Gasteiger partial charge is 0.383 e. The minimum absolute atomic E-state index is 0.00413. The second-order valence-corrected chi connectivity index (χ2v) is 8.37. The molecule has 0 spiro atoms. The maximum atomic E-state index is 11.1. The monoisotopic (exact) mass is 293 g/mol. The summed E-state index contributed by atoms with van der Waals surface area (Å²) in [5.41, 5.74) is 6.59. The highest BCUT2D eigenvalue weighted by molar-refractivity contribution is 7.90. The molecule has 1 aromatic rings. The molecule has 0 aliphatic rings. The van der Waals surface area contributed by atoms with Crippen LogP contribution in [-0.2, 0) is 22.8 Å². The topological polar surface area (TPSA) is 78.0 Å². The Morgan fingerprint density at radius 3 is 2.39 bits per heavy atom. The SMILES string of the molecule is CC(C)(C)Cc1nn(CCS(C)(=O)=O)c(N)c1Cl. The number of nitrogen functional groups attached to an aromatic ring is 1. The Morgan fingerprint density at radius 1 is 1.39 bits per heavy atom. The summed E-state index contributed by atoms with van der Waals surface area (Å²) in [6.07, 6.45) is 1.88. The van der Waals surface area contributed by atoms with Crippen molar-refractivity contribution >= 4 is 27.3 Å². The predicted molar refractivity (Wildman–Crippen MR) is 74.5 cm³/mol. The van der Waals surface area contributed by atoms with Crippen molar-refractivity contribution in [2.75, 3.05) is 17.7 Å². The van der Waals surface area contributed by atoms with E-state index >= 15 is 0 Å². The normalized spacial score (nSPS) is 12.9. The molecule has 0 aromatic carbocycles. The summed E-state index contributed by atoms with van der Waals surface area (Å²) in [6.45, 7) is 6.47. The second-order valence-electron chi connectivity index (χ2n) is 5.74. The van der Waals surface area contributed by atoms with Gasteiger partial charge in [-0.15, -0.1) is 0 Å². The van der Waals surface area contributed by atoms with Gasteiger partial charge in [0.1, 0.15) is 20.7 Å². The number of aryl methyl sites for hydroxylation is 1. The molecular formula is C11H20ClN3O2S. The van der Waals surface area contributed by atoms with Gasteiger partial charge in [0.25, 0.3) is 0 Å². The van der Waals surface area contributed by atoms with E-state index in [4.69, 9.17) is 17.3 Å². The molecule has 0 bridgehead atoms. The molecule has 0 saturated heterocycles. The van der Waals surface area contributed by atoms with Crippen molar-refractivity contribution in [2.24, 2.45) is 5.41 Å². The number of hydrogen-bond acceptors (Lipinski definition) is 4. The van der Waals surface area contributed by atoms with E-state index in [2.05, 4.69) is 25.9 Å². The zero-order valence-electron chi connectivity index (χ0n) is 11.2. The van der Waals surface area contributed by atoms with Crippen LogP contribution in [0, 0.1) is 5.41 Å². The lowest BCUT2D eigenvalue weighted by Crippen LogP contribution is -2.15. The lowest BCUT2D eigenvalue weighted by atomic mass is 9.91. The van der Waals surface area contributed by atoms with Gasteiger partial charge in [0, 0.05) is 6.26 Å². The van der Waals surface area contributed by atoms with Gasteiger partial charge in [-0.1, -0.05) is 32.4 Å². The van der Waals surface area contributed by atoms with Gasteiger partial charge in [-0.2, -0.15) is 5.10 Å². The molecule has 1 rings (SSSR count). The van der Waals surface area contributed by atoms with E-state index in [1.807, 2.05) is 0 Å². The van der Waals surface area contributed by atoms with Crippen molar-refractivity contribution in [3.05, 3.63) is 10.7 Å². The van der Waals surface area contributed by atoms with Crippen LogP contribution in [0.4, 0.5) is 5.82 Å². The first kappa shape index (κ1) is 15.3. The van der Waals surface area contributed by atoms with Gasteiger partial charge in [-0.05, 0) is 11.8 Å². The van der Waals surface area contributed by atoms with Crippen LogP contribution >= 0.6 is 11.6 Å². The molecule has 1 aromatic heterocycles. The van der Waals surface area contributed by atoms with E-state index in [-0.39, 0.29) is 17.7 Å². The molecule has 0 fully saturated rings. The van der Waals surface area contributed by atoms with Crippen molar-refractivity contribution in [3.8, 4) is 0 Å². The molecule has 7 heteroatoms. The standard InChI is InChI=1S/C11H20ClN3O2S/c1-11(2,3)7-8-9(12)10(13)15(14-8)5-6-18(4,16)17/h5-7,13H2,1-4H3. The van der Waals surface area contributed by atoms with Crippen LogP contribution in [0.3, 0.4) is 0 Å². The van der Waals surface area contributed by atoms with E-state index in [9.17, 15) is 8.42 Å². The van der Waals surface area contributed by atoms with Crippen LogP contribution in [0.5, 0.6) is 0 Å². The van der Waals surface area contributed by atoms with Crippen LogP contribution < -0.4 is 5.73 Å². The highest BCUT2D eigenvalue weighted by Crippen LogP contribution is 2.29. The molecule has 2 N–H and O–H groups in total. The zero-order chi connectivity index (χ0) is 14.1. The number of hydrogen-bond donors (Lipinski definition) is 1. The van der Waals surface area contributed by atoms with Gasteiger partial charge < -0.3 is 5.73 Å². The smallest absolute Gasteiger partial charge is 0.149 e. The molecule has 0 unspecified atom stereocenters. The van der Waals surface area contributed by atoms with Gasteiger partial charge in [-0.3, -0.25) is 0 Å². The fraction of sp³-hybridized carbons (Fsp3) is 0.727. The highest BCUT2D eigenvalue weighted by atomic mass is 35.5. The van der Waals surface area contributed by atoms with E-state index < -0.39 is 9.84 Å². The minimum Gasteiger partial charge on any atom is -0.383 e. The number of sulfone groups is 1. The first-order chi connectivity index (χ1) is 7.99. The number of aromatic nitrogens is 2.